The predicted octanol–water partition coefficient (Wildman–Crippen LogP) is 5.66. The molecule has 0 spiro atoms. The predicted molar refractivity (Wildman–Crippen MR) is 169 cm³/mol. The van der Waals surface area contributed by atoms with Gasteiger partial charge in [0, 0.05) is 35.8 Å². The van der Waals surface area contributed by atoms with Crippen LogP contribution in [0.3, 0.4) is 0 Å². The molecule has 10 heteroatoms. The molecule has 1 amide bonds. The van der Waals surface area contributed by atoms with Gasteiger partial charge in [0.15, 0.2) is 5.76 Å². The molecule has 9 nitrogen and oxygen atoms in total. The molecule has 1 saturated heterocycles. The molecule has 10 atom stereocenters. The Kier molecular flexibility index (Phi) is 10.5. The quantitative estimate of drug-likeness (QED) is 0.283. The highest BCUT2D eigenvalue weighted by Crippen LogP contribution is 2.55. The summed E-state index contributed by atoms with van der Waals surface area (Å²) in [5.41, 5.74) is 1.95. The van der Waals surface area contributed by atoms with Crippen molar-refractivity contribution in [2.45, 2.75) is 105 Å². The van der Waals surface area contributed by atoms with E-state index >= 15 is 0 Å². The Labute approximate surface area is 265 Å². The number of carboxylic acid groups (broad SMARTS) is 1. The van der Waals surface area contributed by atoms with E-state index in [2.05, 4.69) is 52.9 Å². The van der Waals surface area contributed by atoms with Crippen LogP contribution in [-0.4, -0.2) is 62.8 Å². The molecular weight excluding hydrogens is 582 g/mol. The minimum Gasteiger partial charge on any atom is -0.504 e. The summed E-state index contributed by atoms with van der Waals surface area (Å²) in [6, 6.07) is -1.23. The number of aliphatic hydroxyl groups is 2. The zero-order valence-electron chi connectivity index (χ0n) is 27.2. The SMILES string of the molecule is CC(=O)NC(CSC1=C2C3=CC(=O)C(O)=C2C2OC(CCC(C)C=C(C)CC(C)CC(C)C1(O)O3)C(C)C(C)C2C)C(=O)O. The van der Waals surface area contributed by atoms with Crippen LogP contribution in [0.1, 0.15) is 81.1 Å². The van der Waals surface area contributed by atoms with Gasteiger partial charge in [-0.25, -0.2) is 4.79 Å². The van der Waals surface area contributed by atoms with E-state index in [1.165, 1.54) is 18.6 Å². The molecule has 10 unspecified atom stereocenters. The maximum atomic E-state index is 13.2. The molecule has 4 aliphatic rings. The van der Waals surface area contributed by atoms with Gasteiger partial charge in [0.1, 0.15) is 11.8 Å². The third-order valence-electron chi connectivity index (χ3n) is 10.1. The number of thioether (sulfide) groups is 1. The van der Waals surface area contributed by atoms with Crippen molar-refractivity contribution in [2.75, 3.05) is 5.75 Å². The lowest BCUT2D eigenvalue weighted by Crippen LogP contribution is -2.46. The van der Waals surface area contributed by atoms with Gasteiger partial charge in [0.2, 0.25) is 17.5 Å². The number of carbonyl (C=O) groups excluding carboxylic acids is 2. The van der Waals surface area contributed by atoms with Gasteiger partial charge in [-0.1, -0.05) is 53.2 Å². The molecule has 0 saturated carbocycles. The smallest absolute Gasteiger partial charge is 0.327 e. The summed E-state index contributed by atoms with van der Waals surface area (Å²) in [5, 5.41) is 36.1. The Morgan fingerprint density at radius 3 is 2.43 bits per heavy atom. The van der Waals surface area contributed by atoms with Gasteiger partial charge in [0.05, 0.1) is 17.1 Å². The summed E-state index contributed by atoms with van der Waals surface area (Å²) in [6.07, 6.45) is 5.92. The molecule has 4 bridgehead atoms. The van der Waals surface area contributed by atoms with E-state index in [-0.39, 0.29) is 46.9 Å². The Morgan fingerprint density at radius 2 is 1.80 bits per heavy atom. The number of hydrogen-bond acceptors (Lipinski definition) is 8. The first-order valence-corrected chi connectivity index (χ1v) is 16.8. The molecule has 3 aliphatic heterocycles. The van der Waals surface area contributed by atoms with Crippen molar-refractivity contribution in [1.82, 2.24) is 5.32 Å². The van der Waals surface area contributed by atoms with Crippen LogP contribution in [-0.2, 0) is 23.9 Å². The van der Waals surface area contributed by atoms with Gasteiger partial charge >= 0.3 is 5.97 Å². The second kappa shape index (κ2) is 13.4. The van der Waals surface area contributed by atoms with Crippen LogP contribution in [0.2, 0.25) is 0 Å². The average molecular weight is 632 g/mol. The van der Waals surface area contributed by atoms with Crippen LogP contribution in [0.5, 0.6) is 0 Å². The zero-order chi connectivity index (χ0) is 32.7. The average Bonchev–Trinajstić information content (AvgIpc) is 3.21. The molecule has 1 aliphatic carbocycles. The topological polar surface area (TPSA) is 142 Å². The van der Waals surface area contributed by atoms with E-state index in [9.17, 15) is 29.7 Å². The fraction of sp³-hybridized carbons (Fsp3) is 0.676. The number of carbonyl (C=O) groups is 3. The maximum Gasteiger partial charge on any atom is 0.327 e. The normalized spacial score (nSPS) is 37.2. The molecule has 0 radical (unpaired) electrons. The Hall–Kier alpha value is -2.56. The standard InChI is InChI=1S/C34H49NO8S/c1-16-9-10-26-21(6)20(5)22(7)31(42-26)29-28-27(14-25(37)30(29)38)43-34(41,19(4)13-18(3)12-17(2)11-16)32(28)44-15-24(33(39)40)35-23(8)36/h11,14,16,18-22,24,26,31,38,41H,9-10,12-13,15H2,1-8H3,(H,35,36)(H,39,40). The number of amides is 1. The molecule has 0 aromatic heterocycles. The van der Waals surface area contributed by atoms with E-state index in [0.717, 1.165) is 31.0 Å². The largest absolute Gasteiger partial charge is 0.504 e. The van der Waals surface area contributed by atoms with Crippen molar-refractivity contribution in [3.8, 4) is 0 Å². The monoisotopic (exact) mass is 631 g/mol. The lowest BCUT2D eigenvalue weighted by Gasteiger charge is -2.45. The minimum absolute atomic E-state index is 0.0833. The minimum atomic E-state index is -1.90. The third kappa shape index (κ3) is 6.82. The van der Waals surface area contributed by atoms with E-state index in [1.54, 1.807) is 0 Å². The van der Waals surface area contributed by atoms with Crippen molar-refractivity contribution < 1.29 is 39.2 Å². The van der Waals surface area contributed by atoms with Gasteiger partial charge in [-0.3, -0.25) is 9.59 Å². The molecule has 44 heavy (non-hydrogen) atoms. The third-order valence-corrected chi connectivity index (χ3v) is 11.3. The number of carboxylic acids is 1. The highest BCUT2D eigenvalue weighted by molar-refractivity contribution is 8.03. The Morgan fingerprint density at radius 1 is 1.11 bits per heavy atom. The van der Waals surface area contributed by atoms with Crippen LogP contribution in [0.15, 0.2) is 45.3 Å². The summed E-state index contributed by atoms with van der Waals surface area (Å²) in [4.78, 5) is 37.4. The first-order valence-electron chi connectivity index (χ1n) is 15.9. The lowest BCUT2D eigenvalue weighted by molar-refractivity contribution is -0.166. The number of allylic oxidation sites excluding steroid dienone is 4. The number of nitrogens with one attached hydrogen (secondary N) is 1. The molecule has 1 fully saturated rings. The van der Waals surface area contributed by atoms with Gasteiger partial charge in [-0.15, -0.1) is 11.8 Å². The molecular formula is C34H49NO8S. The van der Waals surface area contributed by atoms with Gasteiger partial charge in [-0.2, -0.15) is 0 Å². The number of aliphatic carboxylic acids is 1. The molecule has 244 valence electrons. The number of hydrogen-bond donors (Lipinski definition) is 4. The van der Waals surface area contributed by atoms with Crippen LogP contribution < -0.4 is 5.32 Å². The van der Waals surface area contributed by atoms with Crippen molar-refractivity contribution >= 4 is 29.4 Å². The van der Waals surface area contributed by atoms with E-state index < -0.39 is 47.3 Å². The lowest BCUT2D eigenvalue weighted by atomic mass is 9.71. The number of ketones is 1. The molecule has 3 heterocycles. The Bertz CT molecular complexity index is 1300. The Balaban J connectivity index is 1.90. The van der Waals surface area contributed by atoms with Crippen molar-refractivity contribution in [1.29, 1.82) is 0 Å². The fourth-order valence-electron chi connectivity index (χ4n) is 7.37. The number of aliphatic hydroxyl groups excluding tert-OH is 1. The molecule has 4 N–H and O–H groups in total. The van der Waals surface area contributed by atoms with Crippen LogP contribution >= 0.6 is 11.8 Å². The van der Waals surface area contributed by atoms with Gasteiger partial charge in [-0.05, 0) is 62.2 Å². The number of fused-ring (bicyclic) bond motifs is 4. The summed E-state index contributed by atoms with van der Waals surface area (Å²) in [6.45, 7) is 16.0. The van der Waals surface area contributed by atoms with Crippen molar-refractivity contribution in [2.24, 2.45) is 35.5 Å². The van der Waals surface area contributed by atoms with Crippen molar-refractivity contribution in [3.63, 3.8) is 0 Å². The molecule has 0 aromatic rings. The summed E-state index contributed by atoms with van der Waals surface area (Å²) >= 11 is 1.07. The second-order valence-corrected chi connectivity index (χ2v) is 14.8. The summed E-state index contributed by atoms with van der Waals surface area (Å²) in [7, 11) is 0. The zero-order valence-corrected chi connectivity index (χ0v) is 28.0. The highest BCUT2D eigenvalue weighted by atomic mass is 32.2. The first kappa shape index (κ1) is 34.3. The maximum absolute atomic E-state index is 13.2. The second-order valence-electron chi connectivity index (χ2n) is 13.7. The van der Waals surface area contributed by atoms with E-state index in [0.29, 0.717) is 22.8 Å². The molecule has 4 rings (SSSR count). The van der Waals surface area contributed by atoms with Crippen molar-refractivity contribution in [3.05, 3.63) is 45.3 Å². The van der Waals surface area contributed by atoms with Crippen LogP contribution in [0.25, 0.3) is 0 Å². The van der Waals surface area contributed by atoms with Gasteiger partial charge < -0.3 is 30.1 Å². The van der Waals surface area contributed by atoms with Gasteiger partial charge in [0.25, 0.3) is 0 Å². The summed E-state index contributed by atoms with van der Waals surface area (Å²) < 4.78 is 13.1. The highest BCUT2D eigenvalue weighted by Gasteiger charge is 2.54. The van der Waals surface area contributed by atoms with E-state index in [4.69, 9.17) is 9.47 Å². The number of rotatable bonds is 5. The molecule has 0 aromatic carbocycles. The van der Waals surface area contributed by atoms with Crippen LogP contribution in [0, 0.1) is 35.5 Å². The fourth-order valence-corrected chi connectivity index (χ4v) is 8.73. The van der Waals surface area contributed by atoms with E-state index in [1.807, 2.05) is 6.92 Å². The van der Waals surface area contributed by atoms with Crippen LogP contribution in [0.4, 0.5) is 0 Å². The number of ether oxygens (including phenoxy) is 2. The summed E-state index contributed by atoms with van der Waals surface area (Å²) in [5.74, 6) is -4.18. The first-order chi connectivity index (χ1) is 20.5.